The Morgan fingerprint density at radius 2 is 0.600 bits per heavy atom. The zero-order valence-electron chi connectivity index (χ0n) is 7.30. The van der Waals surface area contributed by atoms with Gasteiger partial charge in [-0.3, -0.25) is 0 Å². The molecule has 0 unspecified atom stereocenters. The first-order valence-corrected chi connectivity index (χ1v) is 3.06. The van der Waals surface area contributed by atoms with E-state index in [2.05, 4.69) is 37.9 Å². The largest absolute Gasteiger partial charge is 2.00 e. The molecule has 0 saturated carbocycles. The van der Waals surface area contributed by atoms with Crippen molar-refractivity contribution in [3.8, 4) is 0 Å². The Morgan fingerprint density at radius 1 is 0.600 bits per heavy atom. The fourth-order valence-corrected chi connectivity index (χ4v) is 0. The number of hydrogen-bond acceptors (Lipinski definition) is 9. The average molecular weight is 301 g/mol. The minimum absolute atomic E-state index is 0. The van der Waals surface area contributed by atoms with Crippen molar-refractivity contribution in [3.63, 3.8) is 0 Å². The minimum atomic E-state index is -1.50. The molecule has 0 rings (SSSR count). The summed E-state index contributed by atoms with van der Waals surface area (Å²) in [6.45, 7) is 0. The van der Waals surface area contributed by atoms with Gasteiger partial charge in [-0.1, -0.05) is 15.9 Å². The van der Waals surface area contributed by atoms with Crippen LogP contribution in [0, 0.1) is 0 Å². The van der Waals surface area contributed by atoms with Gasteiger partial charge in [-0.2, -0.15) is 0 Å². The first kappa shape index (κ1) is 36.0. The summed E-state index contributed by atoms with van der Waals surface area (Å²) in [5.74, 6) is 0. The van der Waals surface area contributed by atoms with E-state index in [1.807, 2.05) is 0 Å². The third kappa shape index (κ3) is 1470. The van der Waals surface area contributed by atoms with Gasteiger partial charge in [0.05, 0.1) is 0 Å². The summed E-state index contributed by atoms with van der Waals surface area (Å²) in [6, 6.07) is 0. The van der Waals surface area contributed by atoms with E-state index in [-0.39, 0.29) is 69.2 Å². The van der Waals surface area contributed by atoms with Crippen LogP contribution in [0.1, 0.15) is 0 Å². The zero-order valence-corrected chi connectivity index (χ0v) is 14.0. The topological polar surface area (TPSA) is 120 Å². The molecule has 0 spiro atoms. The predicted molar refractivity (Wildman–Crippen MR) is 55.5 cm³/mol. The Morgan fingerprint density at radius 3 is 0.600 bits per heavy atom. The summed E-state index contributed by atoms with van der Waals surface area (Å²) in [6.07, 6.45) is 0. The van der Waals surface area contributed by atoms with Crippen molar-refractivity contribution in [1.82, 2.24) is 0 Å². The van der Waals surface area contributed by atoms with E-state index >= 15 is 0 Å². The van der Waals surface area contributed by atoms with Crippen molar-refractivity contribution in [3.05, 3.63) is 0 Å². The Bertz CT molecular complexity index is 126. The molecule has 0 amide bonds. The Kier molecular flexibility index (Phi) is 70.8. The van der Waals surface area contributed by atoms with Crippen LogP contribution in [0.5, 0.6) is 0 Å². The summed E-state index contributed by atoms with van der Waals surface area (Å²) in [5.41, 5.74) is 0. The van der Waals surface area contributed by atoms with Crippen molar-refractivity contribution < 1.29 is 29.7 Å². The normalized spacial score (nSPS) is 4.80. The Balaban J connectivity index is -0.0000000184. The molecular formula is C3Mg3O6S3. The summed E-state index contributed by atoms with van der Waals surface area (Å²) in [4.78, 5) is 26.1. The van der Waals surface area contributed by atoms with Crippen LogP contribution >= 0.6 is 0 Å². The molecule has 0 aliphatic heterocycles. The van der Waals surface area contributed by atoms with Crippen LogP contribution in [0.2, 0.25) is 0 Å². The maximum Gasteiger partial charge on any atom is 2.00 e. The van der Waals surface area contributed by atoms with Gasteiger partial charge in [0, 0.05) is 0 Å². The number of rotatable bonds is 0. The smallest absolute Gasteiger partial charge is 0.764 e. The van der Waals surface area contributed by atoms with Gasteiger partial charge in [-0.25, -0.2) is 0 Å². The Labute approximate surface area is 151 Å². The molecule has 15 heavy (non-hydrogen) atoms. The second kappa shape index (κ2) is 29.5. The van der Waals surface area contributed by atoms with Gasteiger partial charge in [-0.05, 0) is 0 Å². The fourth-order valence-electron chi connectivity index (χ4n) is 0. The van der Waals surface area contributed by atoms with Crippen LogP contribution in [0.25, 0.3) is 0 Å². The van der Waals surface area contributed by atoms with E-state index in [1.165, 1.54) is 0 Å². The van der Waals surface area contributed by atoms with Crippen LogP contribution in [0.15, 0.2) is 0 Å². The first-order chi connectivity index (χ1) is 5.20. The molecule has 0 aromatic carbocycles. The summed E-state index contributed by atoms with van der Waals surface area (Å²) in [7, 11) is 0. The van der Waals surface area contributed by atoms with E-state index in [4.69, 9.17) is 29.7 Å². The molecule has 0 aromatic rings. The number of carboxylic acid groups (broad SMARTS) is 3. The molecule has 0 fully saturated rings. The minimum Gasteiger partial charge on any atom is -0.764 e. The van der Waals surface area contributed by atoms with Crippen LogP contribution in [0.4, 0.5) is 14.4 Å². The Hall–Kier alpha value is 1.37. The maximum atomic E-state index is 8.70. The van der Waals surface area contributed by atoms with Crippen molar-refractivity contribution in [1.29, 1.82) is 0 Å². The molecule has 72 valence electrons. The third-order valence-corrected chi connectivity index (χ3v) is 0. The third-order valence-electron chi connectivity index (χ3n) is 0. The fraction of sp³-hybridized carbons (Fsp3) is 0. The maximum absolute atomic E-state index is 8.70. The molecule has 0 aliphatic rings. The van der Waals surface area contributed by atoms with Crippen LogP contribution in [-0.4, -0.2) is 85.1 Å². The van der Waals surface area contributed by atoms with Crippen molar-refractivity contribution >= 4 is 123 Å². The molecule has 6 nitrogen and oxygen atoms in total. The average Bonchev–Trinajstić information content (AvgIpc) is 1.54. The predicted octanol–water partition coefficient (Wildman–Crippen LogP) is -4.51. The molecule has 0 aromatic heterocycles. The van der Waals surface area contributed by atoms with Gasteiger partial charge < -0.3 is 67.6 Å². The first-order valence-electron chi connectivity index (χ1n) is 1.84. The van der Waals surface area contributed by atoms with E-state index < -0.39 is 15.9 Å². The zero-order chi connectivity index (χ0) is 10.7. The van der Waals surface area contributed by atoms with E-state index in [9.17, 15) is 0 Å². The van der Waals surface area contributed by atoms with Crippen molar-refractivity contribution in [2.24, 2.45) is 0 Å². The molecule has 0 saturated heterocycles. The standard InChI is InChI=1S/3CH2O2S.3Mg/c3*2-1(3)4;;;/h3*4H,(H,2,3);;;/q;;;3*+2/p-6. The summed E-state index contributed by atoms with van der Waals surface area (Å²) >= 11 is 10.3. The molecule has 0 heterocycles. The van der Waals surface area contributed by atoms with Gasteiger partial charge in [0.25, 0.3) is 0 Å². The van der Waals surface area contributed by atoms with Gasteiger partial charge in [0.2, 0.25) is 0 Å². The van der Waals surface area contributed by atoms with Crippen molar-refractivity contribution in [2.75, 3.05) is 0 Å². The van der Waals surface area contributed by atoms with Crippen LogP contribution in [-0.2, 0) is 37.9 Å². The van der Waals surface area contributed by atoms with E-state index in [0.717, 1.165) is 0 Å². The van der Waals surface area contributed by atoms with E-state index in [0.29, 0.717) is 0 Å². The second-order valence-electron chi connectivity index (χ2n) is 0.750. The quantitative estimate of drug-likeness (QED) is 0.322. The molecule has 12 heteroatoms. The SMILES string of the molecule is O=C([O-])[S-].O=C([O-])[S-].O=C([O-])[S-].[Mg+2].[Mg+2].[Mg+2]. The summed E-state index contributed by atoms with van der Waals surface area (Å²) in [5, 5.41) is 21.6. The molecule has 0 aliphatic carbocycles. The van der Waals surface area contributed by atoms with Gasteiger partial charge in [0.1, 0.15) is 0 Å². The number of carbonyl (C=O) groups is 3. The molecule has 0 bridgehead atoms. The van der Waals surface area contributed by atoms with Gasteiger partial charge in [-0.15, -0.1) is 0 Å². The monoisotopic (exact) mass is 300 g/mol. The van der Waals surface area contributed by atoms with E-state index in [1.54, 1.807) is 0 Å². The number of carbonyl (C=O) groups excluding carboxylic acids is 3. The molecule has 0 atom stereocenters. The van der Waals surface area contributed by atoms with Gasteiger partial charge in [0.15, 0.2) is 0 Å². The van der Waals surface area contributed by atoms with Crippen LogP contribution < -0.4 is 15.3 Å². The molecule has 0 radical (unpaired) electrons. The van der Waals surface area contributed by atoms with Crippen molar-refractivity contribution in [2.45, 2.75) is 0 Å². The molecular weight excluding hydrogens is 301 g/mol. The molecule has 0 N–H and O–H groups in total. The second-order valence-corrected chi connectivity index (χ2v) is 1.75. The summed E-state index contributed by atoms with van der Waals surface area (Å²) < 4.78 is 0. The number of hydrogen-bond donors (Lipinski definition) is 0. The van der Waals surface area contributed by atoms with Crippen LogP contribution in [0.3, 0.4) is 0 Å². The van der Waals surface area contributed by atoms with Gasteiger partial charge >= 0.3 is 69.2 Å².